The number of rotatable bonds is 4. The SMILES string of the molecule is Cc1cccc2c(-c3ccc(NC(=O)NCc4cn[nH]c4)cc3)nn(C)c12. The van der Waals surface area contributed by atoms with E-state index in [0.29, 0.717) is 6.54 Å². The molecule has 4 aromatic rings. The molecule has 0 radical (unpaired) electrons. The Hall–Kier alpha value is -3.61. The Bertz CT molecular complexity index is 1080. The Morgan fingerprint density at radius 2 is 2.00 bits per heavy atom. The molecule has 0 bridgehead atoms. The number of benzene rings is 2. The van der Waals surface area contributed by atoms with Gasteiger partial charge < -0.3 is 10.6 Å². The summed E-state index contributed by atoms with van der Waals surface area (Å²) in [6, 6.07) is 13.6. The molecule has 7 nitrogen and oxygen atoms in total. The van der Waals surface area contributed by atoms with Gasteiger partial charge in [-0.3, -0.25) is 9.78 Å². The fourth-order valence-electron chi connectivity index (χ4n) is 3.19. The second kappa shape index (κ2) is 6.95. The van der Waals surface area contributed by atoms with Gasteiger partial charge in [0.25, 0.3) is 0 Å². The molecule has 0 unspecified atom stereocenters. The number of amides is 2. The van der Waals surface area contributed by atoms with Crippen molar-refractivity contribution < 1.29 is 4.79 Å². The van der Waals surface area contributed by atoms with Crippen molar-refractivity contribution in [2.45, 2.75) is 13.5 Å². The summed E-state index contributed by atoms with van der Waals surface area (Å²) in [5.41, 5.74) is 5.91. The second-order valence-corrected chi connectivity index (χ2v) is 6.43. The average molecular weight is 360 g/mol. The number of nitrogens with one attached hydrogen (secondary N) is 3. The molecule has 136 valence electrons. The van der Waals surface area contributed by atoms with Crippen LogP contribution in [0.15, 0.2) is 54.9 Å². The monoisotopic (exact) mass is 360 g/mol. The first-order valence-corrected chi connectivity index (χ1v) is 8.67. The molecule has 3 N–H and O–H groups in total. The molecular weight excluding hydrogens is 340 g/mol. The number of hydrogen-bond donors (Lipinski definition) is 3. The van der Waals surface area contributed by atoms with E-state index in [1.165, 1.54) is 5.56 Å². The first-order chi connectivity index (χ1) is 13.1. The Balaban J connectivity index is 1.49. The van der Waals surface area contributed by atoms with Crippen LogP contribution < -0.4 is 10.6 Å². The minimum atomic E-state index is -0.261. The van der Waals surface area contributed by atoms with E-state index in [4.69, 9.17) is 0 Å². The Morgan fingerprint density at radius 3 is 2.74 bits per heavy atom. The van der Waals surface area contributed by atoms with Crippen LogP contribution in [0.2, 0.25) is 0 Å². The maximum atomic E-state index is 12.0. The average Bonchev–Trinajstić information content (AvgIpc) is 3.29. The summed E-state index contributed by atoms with van der Waals surface area (Å²) in [7, 11) is 1.96. The maximum Gasteiger partial charge on any atom is 0.319 e. The van der Waals surface area contributed by atoms with Gasteiger partial charge in [0.05, 0.1) is 11.7 Å². The van der Waals surface area contributed by atoms with Gasteiger partial charge in [0.2, 0.25) is 0 Å². The lowest BCUT2D eigenvalue weighted by atomic mass is 10.1. The van der Waals surface area contributed by atoms with E-state index in [0.717, 1.165) is 33.4 Å². The van der Waals surface area contributed by atoms with Crippen LogP contribution in [-0.4, -0.2) is 26.0 Å². The highest BCUT2D eigenvalue weighted by Crippen LogP contribution is 2.29. The zero-order valence-electron chi connectivity index (χ0n) is 15.2. The maximum absolute atomic E-state index is 12.0. The number of hydrogen-bond acceptors (Lipinski definition) is 3. The molecule has 0 aliphatic rings. The lowest BCUT2D eigenvalue weighted by Crippen LogP contribution is -2.27. The molecule has 4 rings (SSSR count). The topological polar surface area (TPSA) is 87.6 Å². The van der Waals surface area contributed by atoms with Crippen LogP contribution in [0, 0.1) is 6.92 Å². The summed E-state index contributed by atoms with van der Waals surface area (Å²) < 4.78 is 1.91. The molecule has 0 aliphatic heterocycles. The minimum absolute atomic E-state index is 0.261. The van der Waals surface area contributed by atoms with Crippen LogP contribution in [0.3, 0.4) is 0 Å². The third kappa shape index (κ3) is 3.39. The molecule has 2 aromatic carbocycles. The van der Waals surface area contributed by atoms with E-state index in [9.17, 15) is 4.79 Å². The predicted molar refractivity (Wildman–Crippen MR) is 105 cm³/mol. The number of aromatic amines is 1. The highest BCUT2D eigenvalue weighted by Gasteiger charge is 2.12. The molecule has 0 saturated heterocycles. The Labute approximate surface area is 156 Å². The van der Waals surface area contributed by atoms with Crippen molar-refractivity contribution in [2.24, 2.45) is 7.05 Å². The van der Waals surface area contributed by atoms with Crippen molar-refractivity contribution in [3.63, 3.8) is 0 Å². The number of carbonyl (C=O) groups excluding carboxylic acids is 1. The summed E-state index contributed by atoms with van der Waals surface area (Å²) in [5.74, 6) is 0. The molecule has 27 heavy (non-hydrogen) atoms. The van der Waals surface area contributed by atoms with Crippen molar-refractivity contribution in [1.29, 1.82) is 0 Å². The van der Waals surface area contributed by atoms with Gasteiger partial charge in [-0.15, -0.1) is 0 Å². The lowest BCUT2D eigenvalue weighted by molar-refractivity contribution is 0.251. The fraction of sp³-hybridized carbons (Fsp3) is 0.150. The molecule has 0 fully saturated rings. The summed E-state index contributed by atoms with van der Waals surface area (Å²) in [4.78, 5) is 12.0. The summed E-state index contributed by atoms with van der Waals surface area (Å²) in [6.45, 7) is 2.50. The predicted octanol–water partition coefficient (Wildman–Crippen LogP) is 3.59. The second-order valence-electron chi connectivity index (χ2n) is 6.43. The van der Waals surface area contributed by atoms with Crippen LogP contribution >= 0.6 is 0 Å². The third-order valence-corrected chi connectivity index (χ3v) is 4.49. The van der Waals surface area contributed by atoms with E-state index in [1.54, 1.807) is 12.4 Å². The molecule has 2 aromatic heterocycles. The van der Waals surface area contributed by atoms with Gasteiger partial charge in [0, 0.05) is 42.0 Å². The van der Waals surface area contributed by atoms with E-state index in [1.807, 2.05) is 42.1 Å². The zero-order valence-corrected chi connectivity index (χ0v) is 15.2. The number of fused-ring (bicyclic) bond motifs is 1. The Kier molecular flexibility index (Phi) is 4.33. The molecule has 0 saturated carbocycles. The van der Waals surface area contributed by atoms with Crippen molar-refractivity contribution in [3.8, 4) is 11.3 Å². The normalized spacial score (nSPS) is 10.9. The molecular formula is C20H20N6O. The van der Waals surface area contributed by atoms with Crippen LogP contribution in [-0.2, 0) is 13.6 Å². The summed E-state index contributed by atoms with van der Waals surface area (Å²) in [5, 5.41) is 18.0. The number of aromatic nitrogens is 4. The third-order valence-electron chi connectivity index (χ3n) is 4.49. The van der Waals surface area contributed by atoms with Crippen LogP contribution in [0.4, 0.5) is 10.5 Å². The van der Waals surface area contributed by atoms with E-state index in [2.05, 4.69) is 45.0 Å². The van der Waals surface area contributed by atoms with Gasteiger partial charge in [0.15, 0.2) is 0 Å². The van der Waals surface area contributed by atoms with E-state index in [-0.39, 0.29) is 6.03 Å². The minimum Gasteiger partial charge on any atom is -0.334 e. The lowest BCUT2D eigenvalue weighted by Gasteiger charge is -2.07. The number of urea groups is 1. The van der Waals surface area contributed by atoms with Crippen molar-refractivity contribution in [2.75, 3.05) is 5.32 Å². The molecule has 0 atom stereocenters. The van der Waals surface area contributed by atoms with Gasteiger partial charge in [0.1, 0.15) is 5.69 Å². The van der Waals surface area contributed by atoms with Crippen molar-refractivity contribution in [1.82, 2.24) is 25.3 Å². The number of anilines is 1. The number of para-hydroxylation sites is 1. The highest BCUT2D eigenvalue weighted by atomic mass is 16.2. The van der Waals surface area contributed by atoms with Crippen LogP contribution in [0.25, 0.3) is 22.2 Å². The standard InChI is InChI=1S/C20H20N6O/c1-13-4-3-5-17-18(25-26(2)19(13)17)15-6-8-16(9-7-15)24-20(27)21-10-14-11-22-23-12-14/h3-9,11-12H,10H2,1-2H3,(H,22,23)(H2,21,24,27). The molecule has 2 amide bonds. The first-order valence-electron chi connectivity index (χ1n) is 8.67. The van der Waals surface area contributed by atoms with Crippen molar-refractivity contribution >= 4 is 22.6 Å². The smallest absolute Gasteiger partial charge is 0.319 e. The molecule has 0 aliphatic carbocycles. The summed E-state index contributed by atoms with van der Waals surface area (Å²) >= 11 is 0. The van der Waals surface area contributed by atoms with Gasteiger partial charge in [-0.2, -0.15) is 10.2 Å². The molecule has 2 heterocycles. The largest absolute Gasteiger partial charge is 0.334 e. The Morgan fingerprint density at radius 1 is 1.19 bits per heavy atom. The van der Waals surface area contributed by atoms with E-state index < -0.39 is 0 Å². The highest BCUT2D eigenvalue weighted by molar-refractivity contribution is 5.95. The number of H-pyrrole nitrogens is 1. The van der Waals surface area contributed by atoms with Crippen LogP contribution in [0.5, 0.6) is 0 Å². The summed E-state index contributed by atoms with van der Waals surface area (Å²) in [6.07, 6.45) is 3.42. The fourth-order valence-corrected chi connectivity index (χ4v) is 3.19. The molecule has 0 spiro atoms. The number of nitrogens with zero attached hydrogens (tertiary/aromatic N) is 3. The first kappa shape index (κ1) is 16.8. The molecule has 7 heteroatoms. The van der Waals surface area contributed by atoms with Crippen molar-refractivity contribution in [3.05, 3.63) is 66.0 Å². The van der Waals surface area contributed by atoms with Gasteiger partial charge in [-0.25, -0.2) is 4.79 Å². The zero-order chi connectivity index (χ0) is 18.8. The van der Waals surface area contributed by atoms with E-state index >= 15 is 0 Å². The number of carbonyl (C=O) groups is 1. The number of aryl methyl sites for hydroxylation is 2. The quantitative estimate of drug-likeness (QED) is 0.520. The van der Waals surface area contributed by atoms with Gasteiger partial charge in [-0.1, -0.05) is 30.3 Å². The van der Waals surface area contributed by atoms with Gasteiger partial charge >= 0.3 is 6.03 Å². The van der Waals surface area contributed by atoms with Gasteiger partial charge in [-0.05, 0) is 24.6 Å². The van der Waals surface area contributed by atoms with Crippen LogP contribution in [0.1, 0.15) is 11.1 Å².